The first-order valence-corrected chi connectivity index (χ1v) is 7.53. The maximum Gasteiger partial charge on any atom is 0.0628 e. The van der Waals surface area contributed by atoms with Crippen LogP contribution in [0.5, 0.6) is 0 Å². The van der Waals surface area contributed by atoms with E-state index in [0.29, 0.717) is 5.92 Å². The molecule has 2 unspecified atom stereocenters. The van der Waals surface area contributed by atoms with Gasteiger partial charge in [0.15, 0.2) is 0 Å². The van der Waals surface area contributed by atoms with Crippen LogP contribution in [0.1, 0.15) is 25.7 Å². The van der Waals surface area contributed by atoms with E-state index in [1.807, 2.05) is 7.05 Å². The molecule has 0 bridgehead atoms. The van der Waals surface area contributed by atoms with Gasteiger partial charge in [0.2, 0.25) is 0 Å². The number of aliphatic hydroxyl groups is 1. The molecule has 3 aliphatic rings. The second kappa shape index (κ2) is 5.08. The molecule has 0 aromatic heterocycles. The van der Waals surface area contributed by atoms with Crippen LogP contribution in [0.25, 0.3) is 0 Å². The van der Waals surface area contributed by atoms with Crippen molar-refractivity contribution in [2.45, 2.75) is 37.3 Å². The van der Waals surface area contributed by atoms with Gasteiger partial charge in [0.05, 0.1) is 12.1 Å². The summed E-state index contributed by atoms with van der Waals surface area (Å²) in [6, 6.07) is 0.784. The molecule has 0 aromatic carbocycles. The Hall–Kier alpha value is -0.160. The van der Waals surface area contributed by atoms with E-state index < -0.39 is 0 Å². The highest BCUT2D eigenvalue weighted by atomic mass is 16.3. The lowest BCUT2D eigenvalue weighted by Gasteiger charge is -2.43. The van der Waals surface area contributed by atoms with E-state index in [-0.39, 0.29) is 12.1 Å². The zero-order chi connectivity index (χ0) is 12.6. The highest BCUT2D eigenvalue weighted by molar-refractivity contribution is 5.03. The van der Waals surface area contributed by atoms with E-state index in [1.165, 1.54) is 51.9 Å². The third-order valence-electron chi connectivity index (χ3n) is 5.32. The Morgan fingerprint density at radius 1 is 1.22 bits per heavy atom. The van der Waals surface area contributed by atoms with Crippen molar-refractivity contribution in [1.82, 2.24) is 15.1 Å². The van der Waals surface area contributed by atoms with Crippen molar-refractivity contribution in [2.24, 2.45) is 5.92 Å². The predicted molar refractivity (Wildman–Crippen MR) is 72.6 cm³/mol. The van der Waals surface area contributed by atoms with Gasteiger partial charge in [-0.05, 0) is 45.2 Å². The van der Waals surface area contributed by atoms with Gasteiger partial charge in [-0.1, -0.05) is 0 Å². The summed E-state index contributed by atoms with van der Waals surface area (Å²) in [4.78, 5) is 5.23. The Bertz CT molecular complexity index is 289. The summed E-state index contributed by atoms with van der Waals surface area (Å²) < 4.78 is 0. The van der Waals surface area contributed by atoms with Crippen molar-refractivity contribution in [1.29, 1.82) is 0 Å². The molecule has 2 N–H and O–H groups in total. The van der Waals surface area contributed by atoms with Crippen molar-refractivity contribution >= 4 is 0 Å². The predicted octanol–water partition coefficient (Wildman–Crippen LogP) is 0.127. The molecule has 3 rings (SSSR count). The van der Waals surface area contributed by atoms with Gasteiger partial charge >= 0.3 is 0 Å². The second-order valence-electron chi connectivity index (χ2n) is 6.41. The number of hydrogen-bond donors (Lipinski definition) is 2. The van der Waals surface area contributed by atoms with Gasteiger partial charge in [0, 0.05) is 32.2 Å². The van der Waals surface area contributed by atoms with E-state index in [0.717, 1.165) is 12.6 Å². The summed E-state index contributed by atoms with van der Waals surface area (Å²) in [6.45, 7) is 6.20. The molecule has 2 saturated heterocycles. The third kappa shape index (κ3) is 2.31. The quantitative estimate of drug-likeness (QED) is 0.730. The zero-order valence-electron chi connectivity index (χ0n) is 11.6. The lowest BCUT2D eigenvalue weighted by molar-refractivity contribution is 0.0498. The van der Waals surface area contributed by atoms with Gasteiger partial charge in [-0.2, -0.15) is 0 Å². The smallest absolute Gasteiger partial charge is 0.0628 e. The number of nitrogens with one attached hydrogen (secondary N) is 1. The lowest BCUT2D eigenvalue weighted by Crippen LogP contribution is -2.60. The van der Waals surface area contributed by atoms with E-state index in [1.54, 1.807) is 0 Å². The van der Waals surface area contributed by atoms with Crippen LogP contribution in [0.2, 0.25) is 0 Å². The van der Waals surface area contributed by atoms with Gasteiger partial charge in [0.25, 0.3) is 0 Å². The molecule has 0 amide bonds. The van der Waals surface area contributed by atoms with Crippen LogP contribution in [-0.4, -0.2) is 72.9 Å². The van der Waals surface area contributed by atoms with E-state index in [4.69, 9.17) is 0 Å². The van der Waals surface area contributed by atoms with Crippen LogP contribution in [0, 0.1) is 5.92 Å². The Morgan fingerprint density at radius 3 is 2.72 bits per heavy atom. The zero-order valence-corrected chi connectivity index (χ0v) is 11.6. The largest absolute Gasteiger partial charge is 0.394 e. The van der Waals surface area contributed by atoms with E-state index >= 15 is 0 Å². The molecule has 0 spiro atoms. The summed E-state index contributed by atoms with van der Waals surface area (Å²) in [5.41, 5.74) is -0.0409. The van der Waals surface area contributed by atoms with Crippen LogP contribution >= 0.6 is 0 Å². The third-order valence-corrected chi connectivity index (χ3v) is 5.32. The highest BCUT2D eigenvalue weighted by Gasteiger charge is 2.45. The maximum atomic E-state index is 9.81. The Labute approximate surface area is 110 Å². The molecular formula is C14H27N3O. The normalized spacial score (nSPS) is 33.3. The molecule has 2 atom stereocenters. The number of aliphatic hydroxyl groups excluding tert-OH is 1. The van der Waals surface area contributed by atoms with Crippen molar-refractivity contribution in [2.75, 3.05) is 46.4 Å². The molecule has 18 heavy (non-hydrogen) atoms. The average molecular weight is 253 g/mol. The Morgan fingerprint density at radius 2 is 2.06 bits per heavy atom. The molecular weight excluding hydrogens is 226 g/mol. The summed E-state index contributed by atoms with van der Waals surface area (Å²) >= 11 is 0. The topological polar surface area (TPSA) is 38.7 Å². The molecule has 0 radical (unpaired) electrons. The molecule has 2 aliphatic heterocycles. The van der Waals surface area contributed by atoms with Crippen LogP contribution < -0.4 is 5.32 Å². The summed E-state index contributed by atoms with van der Waals surface area (Å²) in [7, 11) is 2.01. The van der Waals surface area contributed by atoms with Gasteiger partial charge in [-0.15, -0.1) is 0 Å². The van der Waals surface area contributed by atoms with Gasteiger partial charge in [0.1, 0.15) is 0 Å². The molecule has 4 heteroatoms. The van der Waals surface area contributed by atoms with Gasteiger partial charge in [-0.3, -0.25) is 9.80 Å². The number of hydrogen-bond acceptors (Lipinski definition) is 4. The molecule has 4 nitrogen and oxygen atoms in total. The van der Waals surface area contributed by atoms with Crippen LogP contribution in [0.15, 0.2) is 0 Å². The fourth-order valence-corrected chi connectivity index (χ4v) is 3.90. The Balaban J connectivity index is 1.61. The summed E-state index contributed by atoms with van der Waals surface area (Å²) in [6.07, 6.45) is 5.31. The SMILES string of the molecule is CNC(CO)(CN1CCN2CCCC2C1)C1CC1. The number of nitrogens with zero attached hydrogens (tertiary/aromatic N) is 2. The minimum absolute atomic E-state index is 0.0409. The maximum absolute atomic E-state index is 9.81. The number of likely N-dealkylation sites (N-methyl/N-ethyl adjacent to an activating group) is 1. The lowest BCUT2D eigenvalue weighted by atomic mass is 9.93. The average Bonchev–Trinajstić information content (AvgIpc) is 3.15. The molecule has 2 heterocycles. The Kier molecular flexibility index (Phi) is 3.63. The molecule has 1 aliphatic carbocycles. The molecule has 3 fully saturated rings. The van der Waals surface area contributed by atoms with Crippen molar-refractivity contribution < 1.29 is 5.11 Å². The van der Waals surface area contributed by atoms with Crippen LogP contribution in [0.3, 0.4) is 0 Å². The number of piperazine rings is 1. The first kappa shape index (κ1) is 12.9. The fraction of sp³-hybridized carbons (Fsp3) is 1.00. The van der Waals surface area contributed by atoms with Crippen LogP contribution in [0.4, 0.5) is 0 Å². The molecule has 1 saturated carbocycles. The highest BCUT2D eigenvalue weighted by Crippen LogP contribution is 2.40. The van der Waals surface area contributed by atoms with E-state index in [9.17, 15) is 5.11 Å². The summed E-state index contributed by atoms with van der Waals surface area (Å²) in [5.74, 6) is 0.689. The summed E-state index contributed by atoms with van der Waals surface area (Å²) in [5, 5.41) is 13.2. The van der Waals surface area contributed by atoms with Crippen molar-refractivity contribution in [3.05, 3.63) is 0 Å². The monoisotopic (exact) mass is 253 g/mol. The fourth-order valence-electron chi connectivity index (χ4n) is 3.90. The second-order valence-corrected chi connectivity index (χ2v) is 6.41. The minimum atomic E-state index is -0.0409. The minimum Gasteiger partial charge on any atom is -0.394 e. The first-order chi connectivity index (χ1) is 8.77. The standard InChI is InChI=1S/C14H27N3O/c1-15-14(11-18,12-4-5-12)10-16-7-8-17-6-2-3-13(17)9-16/h12-13,15,18H,2-11H2,1H3. The number of fused-ring (bicyclic) bond motifs is 1. The first-order valence-electron chi connectivity index (χ1n) is 7.53. The van der Waals surface area contributed by atoms with Gasteiger partial charge < -0.3 is 10.4 Å². The van der Waals surface area contributed by atoms with Crippen molar-refractivity contribution in [3.63, 3.8) is 0 Å². The molecule has 104 valence electrons. The molecule has 0 aromatic rings. The van der Waals surface area contributed by atoms with Gasteiger partial charge in [-0.25, -0.2) is 0 Å². The van der Waals surface area contributed by atoms with Crippen molar-refractivity contribution in [3.8, 4) is 0 Å². The van der Waals surface area contributed by atoms with Crippen LogP contribution in [-0.2, 0) is 0 Å². The number of rotatable bonds is 5. The van der Waals surface area contributed by atoms with E-state index in [2.05, 4.69) is 15.1 Å².